The highest BCUT2D eigenvalue weighted by atomic mass is 35.5. The number of fused-ring (bicyclic) bond motifs is 1. The minimum Gasteiger partial charge on any atom is -0.391 e. The van der Waals surface area contributed by atoms with E-state index in [0.717, 1.165) is 18.2 Å². The van der Waals surface area contributed by atoms with E-state index in [0.29, 0.717) is 36.4 Å². The van der Waals surface area contributed by atoms with Crippen LogP contribution in [0.2, 0.25) is 5.02 Å². The Morgan fingerprint density at radius 1 is 1.15 bits per heavy atom. The van der Waals surface area contributed by atoms with E-state index in [-0.39, 0.29) is 22.1 Å². The molecule has 0 aliphatic carbocycles. The second-order valence-corrected chi connectivity index (χ2v) is 9.85. The molecule has 176 valence electrons. The molecule has 3 heterocycles. The van der Waals surface area contributed by atoms with Crippen molar-refractivity contribution in [2.75, 3.05) is 22.7 Å². The van der Waals surface area contributed by atoms with Gasteiger partial charge in [0.15, 0.2) is 11.5 Å². The number of halogens is 3. The molecule has 1 aliphatic rings. The van der Waals surface area contributed by atoms with E-state index in [4.69, 9.17) is 11.6 Å². The van der Waals surface area contributed by atoms with Crippen LogP contribution in [0.15, 0.2) is 47.5 Å². The van der Waals surface area contributed by atoms with Gasteiger partial charge in [0.1, 0.15) is 22.3 Å². The number of aliphatic hydroxyl groups excluding tert-OH is 1. The first kappa shape index (κ1) is 22.4. The van der Waals surface area contributed by atoms with E-state index in [1.807, 2.05) is 9.62 Å². The van der Waals surface area contributed by atoms with Crippen molar-refractivity contribution in [3.8, 4) is 11.4 Å². The maximum atomic E-state index is 14.9. The number of H-pyrrole nitrogens is 1. The summed E-state index contributed by atoms with van der Waals surface area (Å²) in [5, 5.41) is 17.3. The topological polar surface area (TPSA) is 124 Å². The van der Waals surface area contributed by atoms with Crippen molar-refractivity contribution in [2.45, 2.75) is 17.4 Å². The van der Waals surface area contributed by atoms with Crippen molar-refractivity contribution in [1.29, 1.82) is 0 Å². The number of aliphatic hydroxyl groups is 1. The second-order valence-electron chi connectivity index (χ2n) is 7.77. The maximum absolute atomic E-state index is 14.9. The van der Waals surface area contributed by atoms with Crippen LogP contribution in [-0.4, -0.2) is 52.9 Å². The summed E-state index contributed by atoms with van der Waals surface area (Å²) in [5.41, 5.74) is 0.337. The third-order valence-electron chi connectivity index (χ3n) is 5.41. The van der Waals surface area contributed by atoms with Crippen molar-refractivity contribution < 1.29 is 22.3 Å². The van der Waals surface area contributed by atoms with Crippen molar-refractivity contribution in [2.24, 2.45) is 0 Å². The molecule has 1 atom stereocenters. The van der Waals surface area contributed by atoms with Gasteiger partial charge in [-0.1, -0.05) is 11.6 Å². The molecule has 4 aromatic rings. The van der Waals surface area contributed by atoms with Crippen molar-refractivity contribution in [3.63, 3.8) is 0 Å². The Morgan fingerprint density at radius 3 is 2.71 bits per heavy atom. The third kappa shape index (κ3) is 4.15. The molecule has 1 aliphatic heterocycles. The van der Waals surface area contributed by atoms with E-state index < -0.39 is 32.7 Å². The van der Waals surface area contributed by atoms with Gasteiger partial charge in [-0.3, -0.25) is 9.82 Å². The van der Waals surface area contributed by atoms with Crippen LogP contribution < -0.4 is 9.62 Å². The fourth-order valence-corrected chi connectivity index (χ4v) is 5.15. The van der Waals surface area contributed by atoms with Gasteiger partial charge in [0.25, 0.3) is 10.0 Å². The number of rotatable bonds is 5. The van der Waals surface area contributed by atoms with E-state index in [9.17, 15) is 22.3 Å². The lowest BCUT2D eigenvalue weighted by atomic mass is 10.2. The molecule has 5 rings (SSSR count). The molecule has 13 heteroatoms. The van der Waals surface area contributed by atoms with Gasteiger partial charge in [-0.25, -0.2) is 27.2 Å². The van der Waals surface area contributed by atoms with Gasteiger partial charge in [-0.05, 0) is 42.8 Å². The zero-order valence-corrected chi connectivity index (χ0v) is 18.9. The zero-order chi connectivity index (χ0) is 24.0. The fourth-order valence-electron chi connectivity index (χ4n) is 3.74. The lowest BCUT2D eigenvalue weighted by Gasteiger charge is -2.18. The predicted octanol–water partition coefficient (Wildman–Crippen LogP) is 3.32. The molecule has 0 radical (unpaired) electrons. The summed E-state index contributed by atoms with van der Waals surface area (Å²) in [6.45, 7) is 0.985. The average molecular weight is 507 g/mol. The molecule has 2 aromatic carbocycles. The van der Waals surface area contributed by atoms with Crippen LogP contribution >= 0.6 is 11.6 Å². The molecular weight excluding hydrogens is 490 g/mol. The standard InChI is InChI=1S/C21H17ClF2N6O3S/c22-12-2-3-15(23)18(8-12)34(32,33)29-17-4-1-11(7-16(17)24)19-26-20-14(9-25-28-20)21(27-19)30-6-5-13(31)10-30/h1-4,7-9,13,29,31H,5-6,10H2,(H,25,26,27,28). The molecule has 1 saturated heterocycles. The number of nitrogens with zero attached hydrogens (tertiary/aromatic N) is 4. The number of hydrogen-bond donors (Lipinski definition) is 3. The Kier molecular flexibility index (Phi) is 5.58. The molecule has 0 bridgehead atoms. The molecule has 0 spiro atoms. The second kappa shape index (κ2) is 8.46. The lowest BCUT2D eigenvalue weighted by Crippen LogP contribution is -2.22. The van der Waals surface area contributed by atoms with Gasteiger partial charge in [0.2, 0.25) is 0 Å². The summed E-state index contributed by atoms with van der Waals surface area (Å²) < 4.78 is 56.1. The summed E-state index contributed by atoms with van der Waals surface area (Å²) in [7, 11) is -4.44. The van der Waals surface area contributed by atoms with Gasteiger partial charge < -0.3 is 10.0 Å². The lowest BCUT2D eigenvalue weighted by molar-refractivity contribution is 0.198. The van der Waals surface area contributed by atoms with Crippen molar-refractivity contribution in [3.05, 3.63) is 59.3 Å². The highest BCUT2D eigenvalue weighted by Crippen LogP contribution is 2.31. The van der Waals surface area contributed by atoms with Crippen LogP contribution in [0.25, 0.3) is 22.4 Å². The number of benzene rings is 2. The van der Waals surface area contributed by atoms with Crippen LogP contribution in [0.3, 0.4) is 0 Å². The van der Waals surface area contributed by atoms with Gasteiger partial charge in [-0.15, -0.1) is 0 Å². The fraction of sp³-hybridized carbons (Fsp3) is 0.190. The number of sulfonamides is 1. The van der Waals surface area contributed by atoms with E-state index in [1.54, 1.807) is 6.20 Å². The van der Waals surface area contributed by atoms with E-state index in [2.05, 4.69) is 20.2 Å². The van der Waals surface area contributed by atoms with Crippen LogP contribution in [0.1, 0.15) is 6.42 Å². The zero-order valence-electron chi connectivity index (χ0n) is 17.3. The molecule has 1 fully saturated rings. The Balaban J connectivity index is 1.49. The number of aromatic amines is 1. The number of anilines is 2. The Morgan fingerprint density at radius 2 is 1.97 bits per heavy atom. The summed E-state index contributed by atoms with van der Waals surface area (Å²) in [6.07, 6.45) is 1.69. The highest BCUT2D eigenvalue weighted by Gasteiger charge is 2.25. The molecule has 0 saturated carbocycles. The molecule has 0 amide bonds. The summed E-state index contributed by atoms with van der Waals surface area (Å²) in [6, 6.07) is 6.77. The highest BCUT2D eigenvalue weighted by molar-refractivity contribution is 7.92. The predicted molar refractivity (Wildman–Crippen MR) is 122 cm³/mol. The molecule has 3 N–H and O–H groups in total. The first-order valence-corrected chi connectivity index (χ1v) is 12.0. The minimum atomic E-state index is -4.44. The number of β-amino-alcohol motifs (C(OH)–C–C–N with tert-alkyl or cyclic N) is 1. The maximum Gasteiger partial charge on any atom is 0.264 e. The first-order chi connectivity index (χ1) is 16.2. The monoisotopic (exact) mass is 506 g/mol. The first-order valence-electron chi connectivity index (χ1n) is 10.1. The van der Waals surface area contributed by atoms with Crippen molar-refractivity contribution >= 4 is 44.2 Å². The molecule has 1 unspecified atom stereocenters. The number of aromatic nitrogens is 4. The summed E-state index contributed by atoms with van der Waals surface area (Å²) in [4.78, 5) is 10.1. The minimum absolute atomic E-state index is 0.0188. The van der Waals surface area contributed by atoms with Crippen LogP contribution in [0.4, 0.5) is 20.3 Å². The third-order valence-corrected chi connectivity index (χ3v) is 7.02. The molecular formula is C21H17ClF2N6O3S. The van der Waals surface area contributed by atoms with Crippen LogP contribution in [0.5, 0.6) is 0 Å². The molecule has 9 nitrogen and oxygen atoms in total. The number of nitrogens with one attached hydrogen (secondary N) is 2. The molecule has 34 heavy (non-hydrogen) atoms. The van der Waals surface area contributed by atoms with E-state index in [1.165, 1.54) is 18.2 Å². The van der Waals surface area contributed by atoms with Crippen molar-refractivity contribution in [1.82, 2.24) is 20.2 Å². The quantitative estimate of drug-likeness (QED) is 0.379. The normalized spacial score (nSPS) is 16.4. The van der Waals surface area contributed by atoms with E-state index >= 15 is 0 Å². The largest absolute Gasteiger partial charge is 0.391 e. The molecule has 2 aromatic heterocycles. The summed E-state index contributed by atoms with van der Waals surface area (Å²) in [5.74, 6) is -1.20. The SMILES string of the molecule is O=S(=O)(Nc1ccc(-c2nc(N3CCC(O)C3)c3cn[nH]c3n2)cc1F)c1cc(Cl)ccc1F. The summed E-state index contributed by atoms with van der Waals surface area (Å²) >= 11 is 5.78. The Bertz CT molecular complexity index is 1510. The van der Waals surface area contributed by atoms with Gasteiger partial charge in [0, 0.05) is 23.7 Å². The average Bonchev–Trinajstić information content (AvgIpc) is 3.45. The Hall–Kier alpha value is -3.35. The van der Waals surface area contributed by atoms with Crippen LogP contribution in [0, 0.1) is 11.6 Å². The number of hydrogen-bond acceptors (Lipinski definition) is 7. The van der Waals surface area contributed by atoms with Gasteiger partial charge in [-0.2, -0.15) is 5.10 Å². The van der Waals surface area contributed by atoms with Gasteiger partial charge in [0.05, 0.1) is 23.4 Å². The Labute approximate surface area is 197 Å². The van der Waals surface area contributed by atoms with Crippen LogP contribution in [-0.2, 0) is 10.0 Å². The smallest absolute Gasteiger partial charge is 0.264 e. The van der Waals surface area contributed by atoms with Gasteiger partial charge >= 0.3 is 0 Å².